The van der Waals surface area contributed by atoms with E-state index in [0.29, 0.717) is 0 Å². The number of hydrogen-bond acceptors (Lipinski definition) is 6. The van der Waals surface area contributed by atoms with Crippen LogP contribution in [0.25, 0.3) is 10.2 Å². The van der Waals surface area contributed by atoms with Gasteiger partial charge in [-0.2, -0.15) is 5.26 Å². The van der Waals surface area contributed by atoms with Gasteiger partial charge in [-0.15, -0.1) is 11.3 Å². The van der Waals surface area contributed by atoms with Crippen LogP contribution in [-0.2, 0) is 0 Å². The normalized spacial score (nSPS) is 17.4. The van der Waals surface area contributed by atoms with Gasteiger partial charge >= 0.3 is 0 Å². The van der Waals surface area contributed by atoms with Crippen molar-refractivity contribution in [3.63, 3.8) is 0 Å². The number of aromatic nitrogens is 2. The number of anilines is 1. The molecule has 0 N–H and O–H groups in total. The van der Waals surface area contributed by atoms with Gasteiger partial charge in [0.25, 0.3) is 0 Å². The van der Waals surface area contributed by atoms with Crippen molar-refractivity contribution in [3.8, 4) is 6.07 Å². The van der Waals surface area contributed by atoms with E-state index < -0.39 is 5.54 Å². The maximum absolute atomic E-state index is 9.22. The molecule has 20 heavy (non-hydrogen) atoms. The van der Waals surface area contributed by atoms with Gasteiger partial charge in [-0.25, -0.2) is 9.97 Å². The smallest absolute Gasteiger partial charge is 0.140 e. The Kier molecular flexibility index (Phi) is 3.32. The lowest BCUT2D eigenvalue weighted by Gasteiger charge is -2.41. The van der Waals surface area contributed by atoms with Gasteiger partial charge in [0.05, 0.1) is 11.5 Å². The Hall–Kier alpha value is -1.71. The third-order valence-electron chi connectivity index (χ3n) is 3.88. The third-order valence-corrected chi connectivity index (χ3v) is 4.70. The molecule has 3 rings (SSSR count). The molecule has 0 atom stereocenters. The van der Waals surface area contributed by atoms with Crippen molar-refractivity contribution in [3.05, 3.63) is 17.8 Å². The fourth-order valence-corrected chi connectivity index (χ4v) is 3.30. The number of nitriles is 1. The molecule has 0 saturated carbocycles. The molecule has 0 spiro atoms. The summed E-state index contributed by atoms with van der Waals surface area (Å²) in [6, 6.07) is 4.46. The zero-order chi connectivity index (χ0) is 14.2. The summed E-state index contributed by atoms with van der Waals surface area (Å²) in [5.41, 5.74) is -0.393. The zero-order valence-corrected chi connectivity index (χ0v) is 12.5. The Morgan fingerprint density at radius 3 is 2.70 bits per heavy atom. The number of thiophene rings is 1. The molecule has 0 unspecified atom stereocenters. The molecule has 1 aliphatic rings. The summed E-state index contributed by atoms with van der Waals surface area (Å²) in [7, 11) is 0. The predicted molar refractivity (Wildman–Crippen MR) is 80.9 cm³/mol. The fourth-order valence-electron chi connectivity index (χ4n) is 2.58. The number of hydrogen-bond donors (Lipinski definition) is 0. The van der Waals surface area contributed by atoms with E-state index in [0.717, 1.165) is 42.2 Å². The lowest BCUT2D eigenvalue weighted by atomic mass is 10.0. The minimum absolute atomic E-state index is 0.393. The van der Waals surface area contributed by atoms with Crippen LogP contribution in [-0.4, -0.2) is 46.6 Å². The van der Waals surface area contributed by atoms with Crippen molar-refractivity contribution in [2.45, 2.75) is 19.4 Å². The Bertz CT molecular complexity index is 649. The predicted octanol–water partition coefficient (Wildman–Crippen LogP) is 2.12. The first-order valence-electron chi connectivity index (χ1n) is 6.71. The lowest BCUT2D eigenvalue weighted by molar-refractivity contribution is 0.158. The van der Waals surface area contributed by atoms with E-state index in [1.807, 2.05) is 13.8 Å². The van der Waals surface area contributed by atoms with Crippen LogP contribution in [0.1, 0.15) is 13.8 Å². The highest BCUT2D eigenvalue weighted by Crippen LogP contribution is 2.28. The molecule has 2 aromatic heterocycles. The second kappa shape index (κ2) is 5.00. The lowest BCUT2D eigenvalue weighted by Crippen LogP contribution is -2.54. The van der Waals surface area contributed by atoms with Crippen LogP contribution in [0.2, 0.25) is 0 Å². The van der Waals surface area contributed by atoms with Crippen LogP contribution in [0.3, 0.4) is 0 Å². The van der Waals surface area contributed by atoms with Gasteiger partial charge in [0, 0.05) is 26.2 Å². The number of nitrogens with zero attached hydrogens (tertiary/aromatic N) is 5. The maximum Gasteiger partial charge on any atom is 0.140 e. The second-order valence-electron chi connectivity index (χ2n) is 5.48. The third kappa shape index (κ3) is 2.23. The van der Waals surface area contributed by atoms with E-state index in [-0.39, 0.29) is 0 Å². The standard InChI is InChI=1S/C14H17N5S/c1-14(2,9-15)19-6-4-18(5-7-19)12-11-3-8-20-13(11)17-10-16-12/h3,8,10H,4-7H2,1-2H3. The summed E-state index contributed by atoms with van der Waals surface area (Å²) in [6.07, 6.45) is 1.64. The molecule has 0 aliphatic carbocycles. The van der Waals surface area contributed by atoms with Crippen LogP contribution in [0.5, 0.6) is 0 Å². The molecule has 2 aromatic rings. The highest BCUT2D eigenvalue weighted by atomic mass is 32.1. The molecular weight excluding hydrogens is 270 g/mol. The van der Waals surface area contributed by atoms with Crippen LogP contribution in [0.4, 0.5) is 5.82 Å². The van der Waals surface area contributed by atoms with Crippen LogP contribution >= 0.6 is 11.3 Å². The summed E-state index contributed by atoms with van der Waals surface area (Å²) in [5.74, 6) is 1.02. The molecular formula is C14H17N5S. The van der Waals surface area contributed by atoms with E-state index in [2.05, 4.69) is 37.3 Å². The van der Waals surface area contributed by atoms with Crippen molar-refractivity contribution < 1.29 is 0 Å². The van der Waals surface area contributed by atoms with Crippen molar-refractivity contribution >= 4 is 27.4 Å². The second-order valence-corrected chi connectivity index (χ2v) is 6.38. The maximum atomic E-state index is 9.22. The monoisotopic (exact) mass is 287 g/mol. The molecule has 1 fully saturated rings. The van der Waals surface area contributed by atoms with Crippen LogP contribution < -0.4 is 4.90 Å². The Labute approximate surface area is 122 Å². The summed E-state index contributed by atoms with van der Waals surface area (Å²) >= 11 is 1.64. The van der Waals surface area contributed by atoms with E-state index >= 15 is 0 Å². The van der Waals surface area contributed by atoms with Gasteiger partial charge in [0.1, 0.15) is 22.5 Å². The molecule has 3 heterocycles. The van der Waals surface area contributed by atoms with Crippen molar-refractivity contribution in [1.29, 1.82) is 5.26 Å². The fraction of sp³-hybridized carbons (Fsp3) is 0.500. The molecule has 0 amide bonds. The molecule has 6 heteroatoms. The number of rotatable bonds is 2. The van der Waals surface area contributed by atoms with Gasteiger partial charge in [0.2, 0.25) is 0 Å². The van der Waals surface area contributed by atoms with Crippen molar-refractivity contribution in [1.82, 2.24) is 14.9 Å². The minimum Gasteiger partial charge on any atom is -0.353 e. The summed E-state index contributed by atoms with van der Waals surface area (Å²) in [4.78, 5) is 14.3. The average molecular weight is 287 g/mol. The van der Waals surface area contributed by atoms with Gasteiger partial charge in [-0.05, 0) is 25.3 Å². The van der Waals surface area contributed by atoms with E-state index in [1.54, 1.807) is 17.7 Å². The minimum atomic E-state index is -0.393. The average Bonchev–Trinajstić information content (AvgIpc) is 2.95. The Balaban J connectivity index is 1.79. The summed E-state index contributed by atoms with van der Waals surface area (Å²) in [5, 5.41) is 12.4. The van der Waals surface area contributed by atoms with E-state index in [1.165, 1.54) is 0 Å². The molecule has 5 nitrogen and oxygen atoms in total. The molecule has 0 aromatic carbocycles. The summed E-state index contributed by atoms with van der Waals surface area (Å²) in [6.45, 7) is 7.52. The quantitative estimate of drug-likeness (QED) is 0.847. The highest BCUT2D eigenvalue weighted by molar-refractivity contribution is 7.16. The first kappa shape index (κ1) is 13.3. The first-order chi connectivity index (χ1) is 9.62. The summed E-state index contributed by atoms with van der Waals surface area (Å²) < 4.78 is 0. The van der Waals surface area contributed by atoms with Crippen LogP contribution in [0.15, 0.2) is 17.8 Å². The zero-order valence-electron chi connectivity index (χ0n) is 11.7. The van der Waals surface area contributed by atoms with Crippen molar-refractivity contribution in [2.24, 2.45) is 0 Å². The number of piperazine rings is 1. The molecule has 0 bridgehead atoms. The van der Waals surface area contributed by atoms with Gasteiger partial charge < -0.3 is 4.90 Å². The van der Waals surface area contributed by atoms with Gasteiger partial charge in [0.15, 0.2) is 0 Å². The van der Waals surface area contributed by atoms with Gasteiger partial charge in [-0.3, -0.25) is 4.90 Å². The Morgan fingerprint density at radius 1 is 1.25 bits per heavy atom. The van der Waals surface area contributed by atoms with Crippen LogP contribution in [0, 0.1) is 11.3 Å². The largest absolute Gasteiger partial charge is 0.353 e. The van der Waals surface area contributed by atoms with Gasteiger partial charge in [-0.1, -0.05) is 0 Å². The molecule has 1 saturated heterocycles. The molecule has 0 radical (unpaired) electrons. The topological polar surface area (TPSA) is 56.1 Å². The molecule has 1 aliphatic heterocycles. The van der Waals surface area contributed by atoms with E-state index in [9.17, 15) is 5.26 Å². The SMILES string of the molecule is CC(C)(C#N)N1CCN(c2ncnc3sccc23)CC1. The first-order valence-corrected chi connectivity index (χ1v) is 7.59. The van der Waals surface area contributed by atoms with E-state index in [4.69, 9.17) is 0 Å². The number of fused-ring (bicyclic) bond motifs is 1. The van der Waals surface area contributed by atoms with Crippen molar-refractivity contribution in [2.75, 3.05) is 31.1 Å². The Morgan fingerprint density at radius 2 is 2.00 bits per heavy atom. The molecule has 104 valence electrons. The highest BCUT2D eigenvalue weighted by Gasteiger charge is 2.30.